The Morgan fingerprint density at radius 2 is 2.55 bits per heavy atom. The van der Waals surface area contributed by atoms with Crippen molar-refractivity contribution in [3.05, 3.63) is 18.3 Å². The van der Waals surface area contributed by atoms with Crippen LogP contribution in [-0.2, 0) is 4.79 Å². The summed E-state index contributed by atoms with van der Waals surface area (Å²) in [6, 6.07) is 3.22. The predicted molar refractivity (Wildman–Crippen MR) is 78.0 cm³/mol. The summed E-state index contributed by atoms with van der Waals surface area (Å²) in [5.41, 5.74) is 1.31. The van der Waals surface area contributed by atoms with Crippen molar-refractivity contribution in [1.82, 2.24) is 15.3 Å². The van der Waals surface area contributed by atoms with Gasteiger partial charge in [0.15, 0.2) is 11.2 Å². The number of carboxylic acid groups (broad SMARTS) is 1. The summed E-state index contributed by atoms with van der Waals surface area (Å²) >= 11 is 3.17. The van der Waals surface area contributed by atoms with Gasteiger partial charge >= 0.3 is 5.97 Å². The van der Waals surface area contributed by atoms with E-state index in [9.17, 15) is 4.79 Å². The fraction of sp³-hybridized carbons (Fsp3) is 0.417. The number of nitrogens with one attached hydrogen (secondary N) is 1. The van der Waals surface area contributed by atoms with Crippen LogP contribution in [0.4, 0.5) is 0 Å². The van der Waals surface area contributed by atoms with Crippen molar-refractivity contribution in [2.45, 2.75) is 23.1 Å². The molecule has 1 saturated heterocycles. The van der Waals surface area contributed by atoms with Crippen LogP contribution in [0.15, 0.2) is 28.0 Å². The van der Waals surface area contributed by atoms with Gasteiger partial charge in [-0.1, -0.05) is 11.8 Å². The van der Waals surface area contributed by atoms with Crippen LogP contribution in [0.25, 0.3) is 11.2 Å². The van der Waals surface area contributed by atoms with E-state index in [1.165, 1.54) is 11.8 Å². The van der Waals surface area contributed by atoms with E-state index < -0.39 is 12.0 Å². The minimum atomic E-state index is -0.780. The molecule has 0 amide bonds. The molecule has 1 aliphatic rings. The second-order valence-corrected chi connectivity index (χ2v) is 6.60. The average molecular weight is 311 g/mol. The van der Waals surface area contributed by atoms with Crippen molar-refractivity contribution < 1.29 is 14.3 Å². The number of oxazole rings is 1. The lowest BCUT2D eigenvalue weighted by atomic mass is 10.3. The number of rotatable bonds is 5. The molecule has 2 unspecified atom stereocenters. The Morgan fingerprint density at radius 3 is 3.30 bits per heavy atom. The Hall–Kier alpha value is -1.25. The van der Waals surface area contributed by atoms with Crippen LogP contribution in [0.3, 0.4) is 0 Å². The van der Waals surface area contributed by atoms with Gasteiger partial charge in [-0.2, -0.15) is 4.98 Å². The molecule has 0 aromatic carbocycles. The fourth-order valence-corrected chi connectivity index (χ4v) is 4.09. The highest BCUT2D eigenvalue weighted by Gasteiger charge is 2.28. The third-order valence-electron chi connectivity index (χ3n) is 2.90. The van der Waals surface area contributed by atoms with E-state index in [0.29, 0.717) is 22.2 Å². The molecule has 20 heavy (non-hydrogen) atoms. The number of pyridine rings is 1. The lowest BCUT2D eigenvalue weighted by molar-refractivity contribution is -0.138. The Kier molecular flexibility index (Phi) is 4.13. The van der Waals surface area contributed by atoms with Gasteiger partial charge in [-0.15, -0.1) is 11.8 Å². The number of thioether (sulfide) groups is 2. The molecular weight excluding hydrogens is 298 g/mol. The van der Waals surface area contributed by atoms with Gasteiger partial charge < -0.3 is 9.52 Å². The second-order valence-electron chi connectivity index (χ2n) is 4.32. The fourth-order valence-electron chi connectivity index (χ4n) is 1.91. The first kappa shape index (κ1) is 13.7. The van der Waals surface area contributed by atoms with E-state index in [0.717, 1.165) is 12.2 Å². The Balaban J connectivity index is 1.49. The zero-order valence-electron chi connectivity index (χ0n) is 10.5. The maximum absolute atomic E-state index is 10.8. The molecule has 2 aromatic heterocycles. The van der Waals surface area contributed by atoms with Gasteiger partial charge in [-0.05, 0) is 18.6 Å². The van der Waals surface area contributed by atoms with Crippen LogP contribution in [-0.4, -0.2) is 44.0 Å². The van der Waals surface area contributed by atoms with Crippen molar-refractivity contribution in [3.63, 3.8) is 0 Å². The van der Waals surface area contributed by atoms with Gasteiger partial charge in [0.2, 0.25) is 0 Å². The molecule has 6 nitrogen and oxygen atoms in total. The summed E-state index contributed by atoms with van der Waals surface area (Å²) in [6.45, 7) is 0. The number of hydrogen-bond donors (Lipinski definition) is 2. The Labute approximate surface area is 123 Å². The number of hydrogen-bond acceptors (Lipinski definition) is 7. The third-order valence-corrected chi connectivity index (χ3v) is 5.06. The van der Waals surface area contributed by atoms with Crippen molar-refractivity contribution in [3.8, 4) is 0 Å². The van der Waals surface area contributed by atoms with Crippen LogP contribution >= 0.6 is 23.5 Å². The van der Waals surface area contributed by atoms with Crippen molar-refractivity contribution in [1.29, 1.82) is 0 Å². The van der Waals surface area contributed by atoms with Crippen molar-refractivity contribution in [2.24, 2.45) is 0 Å². The van der Waals surface area contributed by atoms with Crippen LogP contribution in [0.2, 0.25) is 0 Å². The van der Waals surface area contributed by atoms with Crippen molar-refractivity contribution in [2.75, 3.05) is 11.5 Å². The summed E-state index contributed by atoms with van der Waals surface area (Å²) in [5, 5.41) is 12.8. The minimum Gasteiger partial charge on any atom is -0.480 e. The van der Waals surface area contributed by atoms with Crippen LogP contribution < -0.4 is 5.32 Å². The highest BCUT2D eigenvalue weighted by atomic mass is 32.2. The smallest absolute Gasteiger partial charge is 0.321 e. The molecule has 0 aliphatic carbocycles. The number of aliphatic carboxylic acids is 1. The van der Waals surface area contributed by atoms with Crippen molar-refractivity contribution >= 4 is 40.7 Å². The highest BCUT2D eigenvalue weighted by molar-refractivity contribution is 8.00. The molecule has 106 valence electrons. The molecule has 1 aliphatic heterocycles. The molecule has 2 aromatic rings. The average Bonchev–Trinajstić information content (AvgIpc) is 3.04. The highest BCUT2D eigenvalue weighted by Crippen LogP contribution is 2.26. The topological polar surface area (TPSA) is 88.2 Å². The van der Waals surface area contributed by atoms with Crippen LogP contribution in [0.1, 0.15) is 6.42 Å². The first-order chi connectivity index (χ1) is 9.72. The van der Waals surface area contributed by atoms with E-state index in [1.807, 2.05) is 12.1 Å². The minimum absolute atomic E-state index is 0.186. The molecular formula is C12H13N3O3S2. The summed E-state index contributed by atoms with van der Waals surface area (Å²) in [5.74, 6) is 0.666. The molecule has 3 rings (SSSR count). The molecule has 2 N–H and O–H groups in total. The van der Waals surface area contributed by atoms with E-state index in [-0.39, 0.29) is 5.37 Å². The molecule has 0 radical (unpaired) electrons. The van der Waals surface area contributed by atoms with E-state index in [1.54, 1.807) is 18.0 Å². The number of carbonyl (C=O) groups is 1. The first-order valence-corrected chi connectivity index (χ1v) is 8.20. The summed E-state index contributed by atoms with van der Waals surface area (Å²) < 4.78 is 5.56. The van der Waals surface area contributed by atoms with Crippen LogP contribution in [0, 0.1) is 0 Å². The number of carboxylic acids is 1. The zero-order chi connectivity index (χ0) is 13.9. The molecule has 0 bridgehead atoms. The summed E-state index contributed by atoms with van der Waals surface area (Å²) in [7, 11) is 0. The first-order valence-electron chi connectivity index (χ1n) is 6.17. The SMILES string of the molecule is O=C(O)C1CSC(CCSc2nc3ncccc3o2)N1. The lowest BCUT2D eigenvalue weighted by Crippen LogP contribution is -2.36. The van der Waals surface area contributed by atoms with E-state index >= 15 is 0 Å². The molecule has 1 fully saturated rings. The number of nitrogens with zero attached hydrogens (tertiary/aromatic N) is 2. The summed E-state index contributed by atoms with van der Waals surface area (Å²) in [4.78, 5) is 19.2. The maximum Gasteiger partial charge on any atom is 0.321 e. The third kappa shape index (κ3) is 3.08. The predicted octanol–water partition coefficient (Wildman–Crippen LogP) is 1.82. The lowest BCUT2D eigenvalue weighted by Gasteiger charge is -2.09. The molecule has 2 atom stereocenters. The quantitative estimate of drug-likeness (QED) is 0.808. The van der Waals surface area contributed by atoms with Gasteiger partial charge in [0, 0.05) is 17.7 Å². The maximum atomic E-state index is 10.8. The number of fused-ring (bicyclic) bond motifs is 1. The van der Waals surface area contributed by atoms with Crippen LogP contribution in [0.5, 0.6) is 0 Å². The Morgan fingerprint density at radius 1 is 1.65 bits per heavy atom. The molecule has 0 saturated carbocycles. The summed E-state index contributed by atoms with van der Waals surface area (Å²) in [6.07, 6.45) is 2.55. The van der Waals surface area contributed by atoms with Gasteiger partial charge in [-0.3, -0.25) is 10.1 Å². The van der Waals surface area contributed by atoms with E-state index in [2.05, 4.69) is 15.3 Å². The second kappa shape index (κ2) is 6.02. The monoisotopic (exact) mass is 311 g/mol. The molecule has 3 heterocycles. The van der Waals surface area contributed by atoms with Gasteiger partial charge in [0.25, 0.3) is 5.22 Å². The van der Waals surface area contributed by atoms with E-state index in [4.69, 9.17) is 9.52 Å². The van der Waals surface area contributed by atoms with Gasteiger partial charge in [0.1, 0.15) is 6.04 Å². The van der Waals surface area contributed by atoms with Gasteiger partial charge in [0.05, 0.1) is 5.37 Å². The standard InChI is InChI=1S/C12H13N3O3S2/c16-11(17)7-6-20-9(14-7)3-5-19-12-15-10-8(18-12)2-1-4-13-10/h1-2,4,7,9,14H,3,5-6H2,(H,16,17). The molecule has 8 heteroatoms. The van der Waals surface area contributed by atoms with Gasteiger partial charge in [-0.25, -0.2) is 4.98 Å². The normalized spacial score (nSPS) is 22.4. The largest absolute Gasteiger partial charge is 0.480 e. The molecule has 0 spiro atoms. The number of aromatic nitrogens is 2. The zero-order valence-corrected chi connectivity index (χ0v) is 12.1. The Bertz CT molecular complexity index is 586.